The summed E-state index contributed by atoms with van der Waals surface area (Å²) in [7, 11) is 0. The van der Waals surface area contributed by atoms with Gasteiger partial charge in [-0.1, -0.05) is 11.6 Å². The zero-order valence-electron chi connectivity index (χ0n) is 11.1. The lowest BCUT2D eigenvalue weighted by atomic mass is 10.1. The fourth-order valence-corrected chi connectivity index (χ4v) is 3.83. The molecule has 2 N–H and O–H groups in total. The summed E-state index contributed by atoms with van der Waals surface area (Å²) in [6.07, 6.45) is 0.670. The van der Waals surface area contributed by atoms with E-state index >= 15 is 0 Å². The van der Waals surface area contributed by atoms with Crippen molar-refractivity contribution in [3.63, 3.8) is 0 Å². The third-order valence-corrected chi connectivity index (χ3v) is 5.04. The Morgan fingerprint density at radius 1 is 1.50 bits per heavy atom. The summed E-state index contributed by atoms with van der Waals surface area (Å²) in [4.78, 5) is 26.8. The lowest BCUT2D eigenvalue weighted by Crippen LogP contribution is -2.60. The first kappa shape index (κ1) is 13.9. The zero-order chi connectivity index (χ0) is 14.3. The molecular weight excluding hydrogens is 298 g/mol. The average Bonchev–Trinajstić information content (AvgIpc) is 3.00. The molecular formula is C13H16ClN3O2S. The quantitative estimate of drug-likeness (QED) is 0.874. The van der Waals surface area contributed by atoms with Crippen molar-refractivity contribution in [1.29, 1.82) is 0 Å². The third kappa shape index (κ3) is 2.55. The lowest BCUT2D eigenvalue weighted by molar-refractivity contribution is -0.146. The Morgan fingerprint density at radius 2 is 2.30 bits per heavy atom. The Balaban J connectivity index is 1.61. The number of nitrogens with one attached hydrogen (secondary N) is 2. The summed E-state index contributed by atoms with van der Waals surface area (Å²) in [6.45, 7) is 3.04. The van der Waals surface area contributed by atoms with Gasteiger partial charge in [-0.2, -0.15) is 0 Å². The minimum absolute atomic E-state index is 0.0121. The number of thiophene rings is 1. The number of piperazine rings is 1. The molecule has 2 fully saturated rings. The van der Waals surface area contributed by atoms with Crippen molar-refractivity contribution in [2.45, 2.75) is 38.0 Å². The molecule has 3 atom stereocenters. The number of fused-ring (bicyclic) bond motifs is 1. The van der Waals surface area contributed by atoms with Crippen molar-refractivity contribution >= 4 is 34.8 Å². The number of halogens is 1. The average molecular weight is 314 g/mol. The van der Waals surface area contributed by atoms with Gasteiger partial charge < -0.3 is 15.5 Å². The van der Waals surface area contributed by atoms with E-state index in [-0.39, 0.29) is 23.9 Å². The maximum absolute atomic E-state index is 12.0. The van der Waals surface area contributed by atoms with E-state index in [2.05, 4.69) is 10.6 Å². The molecule has 108 valence electrons. The molecule has 20 heavy (non-hydrogen) atoms. The molecule has 3 heterocycles. The molecule has 1 aromatic heterocycles. The third-order valence-electron chi connectivity index (χ3n) is 3.81. The lowest BCUT2D eigenvalue weighted by Gasteiger charge is -2.32. The van der Waals surface area contributed by atoms with E-state index in [1.807, 2.05) is 12.1 Å². The highest BCUT2D eigenvalue weighted by atomic mass is 35.5. The fourth-order valence-electron chi connectivity index (χ4n) is 2.79. The van der Waals surface area contributed by atoms with Gasteiger partial charge >= 0.3 is 0 Å². The van der Waals surface area contributed by atoms with E-state index < -0.39 is 6.04 Å². The predicted octanol–water partition coefficient (Wildman–Crippen LogP) is 0.979. The maximum atomic E-state index is 12.0. The highest BCUT2D eigenvalue weighted by molar-refractivity contribution is 7.16. The van der Waals surface area contributed by atoms with E-state index in [4.69, 9.17) is 11.6 Å². The minimum atomic E-state index is -0.409. The first-order valence-corrected chi connectivity index (χ1v) is 7.82. The second-order valence-electron chi connectivity index (χ2n) is 5.26. The van der Waals surface area contributed by atoms with Gasteiger partial charge in [0.1, 0.15) is 12.1 Å². The molecule has 0 saturated carbocycles. The largest absolute Gasteiger partial charge is 0.343 e. The van der Waals surface area contributed by atoms with Gasteiger partial charge in [0.15, 0.2) is 0 Å². The summed E-state index contributed by atoms with van der Waals surface area (Å²) in [5.74, 6) is -0.0290. The number of amides is 2. The Hall–Kier alpha value is -1.11. The van der Waals surface area contributed by atoms with Crippen LogP contribution < -0.4 is 10.6 Å². The summed E-state index contributed by atoms with van der Waals surface area (Å²) >= 11 is 7.44. The molecule has 0 aromatic carbocycles. The standard InChI is InChI=1S/C13H16ClN3O2S/c1-7-13(19)17-6-8(4-10(17)12(18)16-7)15-5-9-2-3-11(14)20-9/h2-3,7-8,10,15H,4-6H2,1H3,(H,16,18)/t7-,8+,10+/m1/s1. The van der Waals surface area contributed by atoms with Crippen LogP contribution in [0.15, 0.2) is 12.1 Å². The number of carbonyl (C=O) groups is 2. The van der Waals surface area contributed by atoms with Crippen LogP contribution in [0.25, 0.3) is 0 Å². The molecule has 5 nitrogen and oxygen atoms in total. The van der Waals surface area contributed by atoms with Crippen molar-refractivity contribution in [2.24, 2.45) is 0 Å². The highest BCUT2D eigenvalue weighted by Crippen LogP contribution is 2.24. The van der Waals surface area contributed by atoms with Gasteiger partial charge in [0.05, 0.1) is 4.34 Å². The summed E-state index contributed by atoms with van der Waals surface area (Å²) < 4.78 is 0.772. The van der Waals surface area contributed by atoms with Crippen LogP contribution in [-0.2, 0) is 16.1 Å². The SMILES string of the molecule is C[C@H]1NC(=O)[C@@H]2C[C@H](NCc3ccc(Cl)s3)CN2C1=O. The van der Waals surface area contributed by atoms with E-state index in [1.165, 1.54) is 0 Å². The smallest absolute Gasteiger partial charge is 0.245 e. The van der Waals surface area contributed by atoms with Gasteiger partial charge in [-0.3, -0.25) is 9.59 Å². The van der Waals surface area contributed by atoms with Crippen LogP contribution in [0.4, 0.5) is 0 Å². The van der Waals surface area contributed by atoms with Crippen LogP contribution in [0, 0.1) is 0 Å². The summed E-state index contributed by atoms with van der Waals surface area (Å²) in [6, 6.07) is 3.29. The van der Waals surface area contributed by atoms with Gasteiger partial charge in [0.25, 0.3) is 0 Å². The topological polar surface area (TPSA) is 61.4 Å². The normalized spacial score (nSPS) is 29.5. The number of nitrogens with zero attached hydrogens (tertiary/aromatic N) is 1. The van der Waals surface area contributed by atoms with Gasteiger partial charge in [-0.15, -0.1) is 11.3 Å². The zero-order valence-corrected chi connectivity index (χ0v) is 12.6. The van der Waals surface area contributed by atoms with Crippen LogP contribution in [0.5, 0.6) is 0 Å². The second-order valence-corrected chi connectivity index (χ2v) is 7.06. The van der Waals surface area contributed by atoms with Gasteiger partial charge in [0, 0.05) is 24.0 Å². The molecule has 2 aliphatic rings. The molecule has 3 rings (SSSR count). The van der Waals surface area contributed by atoms with E-state index in [9.17, 15) is 9.59 Å². The Bertz CT molecular complexity index is 547. The van der Waals surface area contributed by atoms with Crippen molar-refractivity contribution < 1.29 is 9.59 Å². The first-order valence-electron chi connectivity index (χ1n) is 6.63. The van der Waals surface area contributed by atoms with Crippen molar-refractivity contribution in [3.8, 4) is 0 Å². The summed E-state index contributed by atoms with van der Waals surface area (Å²) in [5.41, 5.74) is 0. The molecule has 0 spiro atoms. The first-order chi connectivity index (χ1) is 9.54. The Morgan fingerprint density at radius 3 is 3.00 bits per heavy atom. The number of carbonyl (C=O) groups excluding carboxylic acids is 2. The van der Waals surface area contributed by atoms with Gasteiger partial charge in [0.2, 0.25) is 11.8 Å². The molecule has 2 aliphatic heterocycles. The van der Waals surface area contributed by atoms with Crippen LogP contribution in [-0.4, -0.2) is 41.4 Å². The molecule has 0 radical (unpaired) electrons. The van der Waals surface area contributed by atoms with Crippen LogP contribution in [0.1, 0.15) is 18.2 Å². The number of hydrogen-bond donors (Lipinski definition) is 2. The van der Waals surface area contributed by atoms with Crippen LogP contribution in [0.3, 0.4) is 0 Å². The number of hydrogen-bond acceptors (Lipinski definition) is 4. The van der Waals surface area contributed by atoms with Crippen molar-refractivity contribution in [2.75, 3.05) is 6.54 Å². The minimum Gasteiger partial charge on any atom is -0.343 e. The molecule has 2 saturated heterocycles. The molecule has 2 amide bonds. The van der Waals surface area contributed by atoms with Crippen molar-refractivity contribution in [1.82, 2.24) is 15.5 Å². The van der Waals surface area contributed by atoms with Gasteiger partial charge in [-0.05, 0) is 25.5 Å². The Labute approximate surface area is 126 Å². The molecule has 7 heteroatoms. The van der Waals surface area contributed by atoms with E-state index in [0.717, 1.165) is 9.21 Å². The van der Waals surface area contributed by atoms with Crippen molar-refractivity contribution in [3.05, 3.63) is 21.3 Å². The molecule has 0 unspecified atom stereocenters. The maximum Gasteiger partial charge on any atom is 0.245 e. The summed E-state index contributed by atoms with van der Waals surface area (Å²) in [5, 5.41) is 6.13. The van der Waals surface area contributed by atoms with E-state index in [0.29, 0.717) is 19.5 Å². The monoisotopic (exact) mass is 313 g/mol. The van der Waals surface area contributed by atoms with Gasteiger partial charge in [-0.25, -0.2) is 0 Å². The van der Waals surface area contributed by atoms with Crippen LogP contribution >= 0.6 is 22.9 Å². The second kappa shape index (κ2) is 5.35. The fraction of sp³-hybridized carbons (Fsp3) is 0.538. The van der Waals surface area contributed by atoms with Crippen LogP contribution in [0.2, 0.25) is 4.34 Å². The molecule has 1 aromatic rings. The molecule has 0 bridgehead atoms. The highest BCUT2D eigenvalue weighted by Gasteiger charge is 2.44. The Kier molecular flexibility index (Phi) is 3.70. The predicted molar refractivity (Wildman–Crippen MR) is 77.7 cm³/mol. The van der Waals surface area contributed by atoms with E-state index in [1.54, 1.807) is 23.2 Å². The number of rotatable bonds is 3. The molecule has 0 aliphatic carbocycles.